The van der Waals surface area contributed by atoms with E-state index in [9.17, 15) is 19.5 Å². The minimum Gasteiger partial charge on any atom is -0.466 e. The Balaban J connectivity index is 1.76. The fourth-order valence-corrected chi connectivity index (χ4v) is 4.06. The summed E-state index contributed by atoms with van der Waals surface area (Å²) in [5, 5.41) is 19.1. The smallest absolute Gasteiger partial charge is 0.405 e. The van der Waals surface area contributed by atoms with E-state index in [0.29, 0.717) is 19.5 Å². The molecule has 3 rings (SSSR count). The average Bonchev–Trinajstić information content (AvgIpc) is 3.26. The number of benzene rings is 2. The van der Waals surface area contributed by atoms with E-state index >= 15 is 0 Å². The number of ether oxygens (including phenoxy) is 1. The Hall–Kier alpha value is -4.11. The van der Waals surface area contributed by atoms with Crippen molar-refractivity contribution in [3.8, 4) is 0 Å². The van der Waals surface area contributed by atoms with Crippen LogP contribution < -0.4 is 16.0 Å². The van der Waals surface area contributed by atoms with E-state index < -0.39 is 23.5 Å². The number of hydrogen-bond acceptors (Lipinski definition) is 5. The molecule has 0 fully saturated rings. The molecule has 0 bridgehead atoms. The van der Waals surface area contributed by atoms with Gasteiger partial charge in [0.25, 0.3) is 0 Å². The van der Waals surface area contributed by atoms with Gasteiger partial charge in [-0.1, -0.05) is 54.6 Å². The van der Waals surface area contributed by atoms with Gasteiger partial charge in [0.1, 0.15) is 5.54 Å². The number of methoxy groups -OCH3 is 1. The molecule has 0 saturated carbocycles. The van der Waals surface area contributed by atoms with Crippen LogP contribution in [0.25, 0.3) is 10.9 Å². The van der Waals surface area contributed by atoms with Crippen LogP contribution in [0.5, 0.6) is 0 Å². The highest BCUT2D eigenvalue weighted by Gasteiger charge is 2.37. The number of H-pyrrole nitrogens is 1. The van der Waals surface area contributed by atoms with Crippen molar-refractivity contribution >= 4 is 28.9 Å². The molecule has 0 spiro atoms. The molecular weight excluding hydrogens is 460 g/mol. The average molecular weight is 493 g/mol. The summed E-state index contributed by atoms with van der Waals surface area (Å²) in [6, 6.07) is 17.0. The maximum Gasteiger partial charge on any atom is 0.405 e. The molecule has 2 unspecified atom stereocenters. The Morgan fingerprint density at radius 3 is 2.56 bits per heavy atom. The number of aromatic nitrogens is 1. The molecule has 0 aliphatic rings. The number of nitrogens with one attached hydrogen (secondary N) is 4. The Morgan fingerprint density at radius 1 is 1.11 bits per heavy atom. The second-order valence-corrected chi connectivity index (χ2v) is 8.74. The van der Waals surface area contributed by atoms with Crippen molar-refractivity contribution in [1.29, 1.82) is 0 Å². The van der Waals surface area contributed by atoms with Crippen molar-refractivity contribution in [3.63, 3.8) is 0 Å². The topological polar surface area (TPSA) is 133 Å². The van der Waals surface area contributed by atoms with E-state index in [-0.39, 0.29) is 12.5 Å². The molecule has 0 aliphatic heterocycles. The molecule has 1 heterocycles. The molecule has 36 heavy (non-hydrogen) atoms. The van der Waals surface area contributed by atoms with Crippen molar-refractivity contribution in [2.45, 2.75) is 31.3 Å². The number of rotatable bonds is 12. The van der Waals surface area contributed by atoms with E-state index in [1.54, 1.807) is 19.2 Å². The highest BCUT2D eigenvalue weighted by molar-refractivity contribution is 5.91. The van der Waals surface area contributed by atoms with Crippen molar-refractivity contribution in [2.75, 3.05) is 20.2 Å². The highest BCUT2D eigenvalue weighted by Crippen LogP contribution is 2.23. The second kappa shape index (κ2) is 12.6. The lowest BCUT2D eigenvalue weighted by atomic mass is 9.91. The fourth-order valence-electron chi connectivity index (χ4n) is 4.06. The predicted molar refractivity (Wildman–Crippen MR) is 138 cm³/mol. The molecule has 5 N–H and O–H groups in total. The first-order valence-electron chi connectivity index (χ1n) is 11.7. The van der Waals surface area contributed by atoms with Gasteiger partial charge in [0.05, 0.1) is 7.11 Å². The summed E-state index contributed by atoms with van der Waals surface area (Å²) in [5.74, 6) is -0.873. The van der Waals surface area contributed by atoms with Crippen LogP contribution in [0.2, 0.25) is 0 Å². The largest absolute Gasteiger partial charge is 0.466 e. The SMILES string of the molecule is COC(=O)C=CCNCC(Cc1ccccc1)NC(=O)C(C)(Cc1c[nH]c2ccccc12)NC(=O)O. The van der Waals surface area contributed by atoms with Gasteiger partial charge < -0.3 is 30.8 Å². The third-order valence-corrected chi connectivity index (χ3v) is 5.87. The van der Waals surface area contributed by atoms with Gasteiger partial charge in [-0.05, 0) is 30.5 Å². The van der Waals surface area contributed by atoms with Gasteiger partial charge in [-0.2, -0.15) is 0 Å². The first kappa shape index (κ1) is 26.5. The summed E-state index contributed by atoms with van der Waals surface area (Å²) in [5.41, 5.74) is 1.37. The summed E-state index contributed by atoms with van der Waals surface area (Å²) in [6.45, 7) is 2.39. The molecule has 3 aromatic rings. The number of esters is 1. The Labute approximate surface area is 209 Å². The van der Waals surface area contributed by atoms with Gasteiger partial charge in [-0.15, -0.1) is 0 Å². The third kappa shape index (κ3) is 7.44. The van der Waals surface area contributed by atoms with Crippen LogP contribution in [-0.2, 0) is 27.2 Å². The zero-order valence-corrected chi connectivity index (χ0v) is 20.4. The number of hydrogen-bond donors (Lipinski definition) is 5. The summed E-state index contributed by atoms with van der Waals surface area (Å²) in [4.78, 5) is 39.6. The summed E-state index contributed by atoms with van der Waals surface area (Å²) in [6.07, 6.45) is 4.20. The van der Waals surface area contributed by atoms with Crippen LogP contribution in [0, 0.1) is 0 Å². The van der Waals surface area contributed by atoms with E-state index in [1.807, 2.05) is 54.6 Å². The molecule has 9 nitrogen and oxygen atoms in total. The van der Waals surface area contributed by atoms with E-state index in [4.69, 9.17) is 0 Å². The fraction of sp³-hybridized carbons (Fsp3) is 0.296. The normalized spacial score (nSPS) is 13.7. The van der Waals surface area contributed by atoms with E-state index in [2.05, 4.69) is 25.7 Å². The van der Waals surface area contributed by atoms with E-state index in [1.165, 1.54) is 13.2 Å². The summed E-state index contributed by atoms with van der Waals surface area (Å²) >= 11 is 0. The minimum absolute atomic E-state index is 0.169. The zero-order chi connectivity index (χ0) is 26.0. The van der Waals surface area contributed by atoms with Crippen LogP contribution in [0.15, 0.2) is 72.9 Å². The quantitative estimate of drug-likeness (QED) is 0.150. The maximum atomic E-state index is 13.5. The first-order chi connectivity index (χ1) is 17.3. The molecular formula is C27H32N4O5. The van der Waals surface area contributed by atoms with Crippen LogP contribution in [0.4, 0.5) is 4.79 Å². The standard InChI is InChI=1S/C27H32N4O5/c1-27(31-26(34)35,16-20-17-29-23-12-7-6-11-22(20)23)25(33)30-21(15-19-9-4-3-5-10-19)18-28-14-8-13-24(32)36-2/h3-13,17,21,28-29,31H,14-16,18H2,1-2H3,(H,30,33)(H,34,35). The number of fused-ring (bicyclic) bond motifs is 1. The highest BCUT2D eigenvalue weighted by atomic mass is 16.5. The van der Waals surface area contributed by atoms with Crippen molar-refractivity contribution in [1.82, 2.24) is 20.9 Å². The van der Waals surface area contributed by atoms with Gasteiger partial charge in [-0.3, -0.25) is 4.79 Å². The van der Waals surface area contributed by atoms with Gasteiger partial charge in [0, 0.05) is 48.7 Å². The Kier molecular flexibility index (Phi) is 9.24. The second-order valence-electron chi connectivity index (χ2n) is 8.74. The van der Waals surface area contributed by atoms with Gasteiger partial charge >= 0.3 is 12.1 Å². The lowest BCUT2D eigenvalue weighted by Crippen LogP contribution is -2.60. The molecule has 0 saturated heterocycles. The van der Waals surface area contributed by atoms with E-state index in [0.717, 1.165) is 22.0 Å². The zero-order valence-electron chi connectivity index (χ0n) is 20.4. The minimum atomic E-state index is -1.41. The maximum absolute atomic E-state index is 13.5. The summed E-state index contributed by atoms with van der Waals surface area (Å²) < 4.78 is 4.58. The third-order valence-electron chi connectivity index (χ3n) is 5.87. The number of carbonyl (C=O) groups excluding carboxylic acids is 2. The number of aromatic amines is 1. The van der Waals surface area contributed by atoms with Crippen LogP contribution in [-0.4, -0.2) is 59.8 Å². The van der Waals surface area contributed by atoms with Crippen LogP contribution in [0.3, 0.4) is 0 Å². The van der Waals surface area contributed by atoms with Crippen LogP contribution >= 0.6 is 0 Å². The first-order valence-corrected chi connectivity index (χ1v) is 11.7. The van der Waals surface area contributed by atoms with Gasteiger partial charge in [-0.25, -0.2) is 9.59 Å². The Bertz CT molecular complexity index is 1210. The number of para-hydroxylation sites is 1. The van der Waals surface area contributed by atoms with Gasteiger partial charge in [0.15, 0.2) is 0 Å². The van der Waals surface area contributed by atoms with Crippen LogP contribution in [0.1, 0.15) is 18.1 Å². The molecule has 2 amide bonds. The predicted octanol–water partition coefficient (Wildman–Crippen LogP) is 2.78. The molecule has 2 atom stereocenters. The van der Waals surface area contributed by atoms with Crippen molar-refractivity contribution < 1.29 is 24.2 Å². The molecule has 0 aliphatic carbocycles. The molecule has 1 aromatic heterocycles. The lowest BCUT2D eigenvalue weighted by molar-refractivity contribution is -0.134. The lowest BCUT2D eigenvalue weighted by Gasteiger charge is -2.31. The summed E-state index contributed by atoms with van der Waals surface area (Å²) in [7, 11) is 1.31. The van der Waals surface area contributed by atoms with Crippen molar-refractivity contribution in [3.05, 3.63) is 84.1 Å². The number of carbonyl (C=O) groups is 3. The van der Waals surface area contributed by atoms with Crippen molar-refractivity contribution in [2.24, 2.45) is 0 Å². The van der Waals surface area contributed by atoms with Gasteiger partial charge in [0.2, 0.25) is 5.91 Å². The molecule has 2 aromatic carbocycles. The number of carboxylic acid groups (broad SMARTS) is 1. The molecule has 0 radical (unpaired) electrons. The molecule has 9 heteroatoms. The monoisotopic (exact) mass is 492 g/mol. The molecule has 190 valence electrons. The Morgan fingerprint density at radius 2 is 1.83 bits per heavy atom. The number of amides is 2.